The van der Waals surface area contributed by atoms with Crippen LogP contribution in [0, 0.1) is 5.92 Å². The summed E-state index contributed by atoms with van der Waals surface area (Å²) in [6.45, 7) is 5.30. The quantitative estimate of drug-likeness (QED) is 0.618. The molecule has 1 aliphatic heterocycles. The largest absolute Gasteiger partial charge is 0.493 e. The van der Waals surface area contributed by atoms with Crippen molar-refractivity contribution in [1.29, 1.82) is 0 Å². The minimum Gasteiger partial charge on any atom is -0.493 e. The monoisotopic (exact) mass is 397 g/mol. The van der Waals surface area contributed by atoms with Crippen molar-refractivity contribution in [2.45, 2.75) is 32.3 Å². The molecular weight excluding hydrogens is 366 g/mol. The Morgan fingerprint density at radius 2 is 1.83 bits per heavy atom. The molecule has 0 aromatic heterocycles. The molecule has 5 nitrogen and oxygen atoms in total. The topological polar surface area (TPSA) is 59.0 Å². The second kappa shape index (κ2) is 11.0. The Labute approximate surface area is 173 Å². The number of Topliss-reactive ketones (excluding diaryl/α,β-unsaturated/α-hetero) is 1. The van der Waals surface area contributed by atoms with Crippen LogP contribution in [-0.2, 0) is 0 Å². The van der Waals surface area contributed by atoms with Gasteiger partial charge in [-0.2, -0.15) is 0 Å². The highest BCUT2D eigenvalue weighted by Gasteiger charge is 2.22. The number of carbonyl (C=O) groups excluding carboxylic acids is 1. The van der Waals surface area contributed by atoms with Crippen molar-refractivity contribution in [2.75, 3.05) is 32.8 Å². The van der Waals surface area contributed by atoms with E-state index in [2.05, 4.69) is 4.90 Å². The van der Waals surface area contributed by atoms with Gasteiger partial charge in [-0.1, -0.05) is 25.1 Å². The van der Waals surface area contributed by atoms with E-state index in [1.54, 1.807) is 24.3 Å². The lowest BCUT2D eigenvalue weighted by molar-refractivity contribution is 0.0451. The van der Waals surface area contributed by atoms with Crippen molar-refractivity contribution in [2.24, 2.45) is 5.92 Å². The molecule has 1 heterocycles. The third kappa shape index (κ3) is 6.87. The molecule has 2 atom stereocenters. The van der Waals surface area contributed by atoms with Crippen LogP contribution in [0.25, 0.3) is 0 Å². The average molecular weight is 398 g/mol. The summed E-state index contributed by atoms with van der Waals surface area (Å²) in [6.07, 6.45) is 2.20. The first-order valence-corrected chi connectivity index (χ1v) is 10.5. The number of ketones is 1. The number of hydrogen-bond donors (Lipinski definition) is 1. The highest BCUT2D eigenvalue weighted by Crippen LogP contribution is 2.19. The Hall–Kier alpha value is -2.37. The Morgan fingerprint density at radius 3 is 2.55 bits per heavy atom. The standard InChI is InChI=1S/C24H31NO4/c1-2-24(27)20-10-12-23(13-11-20)29-18-21(26)16-25-14-6-7-19(15-25)17-28-22-8-4-3-5-9-22/h3-5,8-13,19,21,26H,2,6-7,14-18H2,1H3. The van der Waals surface area contributed by atoms with Gasteiger partial charge in [0.25, 0.3) is 0 Å². The van der Waals surface area contributed by atoms with Crippen LogP contribution < -0.4 is 9.47 Å². The maximum atomic E-state index is 11.7. The molecule has 2 aromatic rings. The Balaban J connectivity index is 1.39. The normalized spacial score (nSPS) is 18.2. The first-order valence-electron chi connectivity index (χ1n) is 10.5. The molecule has 1 aliphatic rings. The number of aliphatic hydroxyl groups excluding tert-OH is 1. The number of benzene rings is 2. The summed E-state index contributed by atoms with van der Waals surface area (Å²) in [4.78, 5) is 14.0. The fraction of sp³-hybridized carbons (Fsp3) is 0.458. The lowest BCUT2D eigenvalue weighted by atomic mass is 9.98. The van der Waals surface area contributed by atoms with E-state index in [9.17, 15) is 9.90 Å². The zero-order valence-electron chi connectivity index (χ0n) is 17.1. The van der Waals surface area contributed by atoms with Gasteiger partial charge in [0.05, 0.1) is 6.61 Å². The molecule has 0 aliphatic carbocycles. The van der Waals surface area contributed by atoms with E-state index in [4.69, 9.17) is 9.47 Å². The van der Waals surface area contributed by atoms with Crippen LogP contribution in [0.3, 0.4) is 0 Å². The van der Waals surface area contributed by atoms with Gasteiger partial charge >= 0.3 is 0 Å². The van der Waals surface area contributed by atoms with Gasteiger partial charge in [-0.15, -0.1) is 0 Å². The zero-order valence-corrected chi connectivity index (χ0v) is 17.1. The van der Waals surface area contributed by atoms with Crippen LogP contribution in [0.1, 0.15) is 36.5 Å². The van der Waals surface area contributed by atoms with Gasteiger partial charge in [-0.25, -0.2) is 0 Å². The summed E-state index contributed by atoms with van der Waals surface area (Å²) in [5.74, 6) is 2.17. The van der Waals surface area contributed by atoms with Crippen molar-refractivity contribution < 1.29 is 19.4 Å². The number of carbonyl (C=O) groups is 1. The van der Waals surface area contributed by atoms with Gasteiger partial charge in [0.2, 0.25) is 0 Å². The van der Waals surface area contributed by atoms with Crippen LogP contribution in [0.15, 0.2) is 54.6 Å². The Morgan fingerprint density at radius 1 is 1.10 bits per heavy atom. The average Bonchev–Trinajstić information content (AvgIpc) is 2.77. The molecule has 1 fully saturated rings. The van der Waals surface area contributed by atoms with E-state index >= 15 is 0 Å². The highest BCUT2D eigenvalue weighted by atomic mass is 16.5. The Kier molecular flexibility index (Phi) is 8.08. The van der Waals surface area contributed by atoms with Gasteiger partial charge in [0, 0.05) is 31.0 Å². The molecule has 0 saturated carbocycles. The van der Waals surface area contributed by atoms with E-state index in [0.29, 0.717) is 36.8 Å². The number of rotatable bonds is 10. The number of ether oxygens (including phenoxy) is 2. The lowest BCUT2D eigenvalue weighted by Crippen LogP contribution is -2.43. The van der Waals surface area contributed by atoms with E-state index in [-0.39, 0.29) is 12.4 Å². The third-order valence-electron chi connectivity index (χ3n) is 5.24. The highest BCUT2D eigenvalue weighted by molar-refractivity contribution is 5.95. The fourth-order valence-corrected chi connectivity index (χ4v) is 3.67. The molecule has 5 heteroatoms. The molecule has 156 valence electrons. The number of para-hydroxylation sites is 1. The minimum absolute atomic E-state index is 0.118. The van der Waals surface area contributed by atoms with Gasteiger partial charge in [0.1, 0.15) is 24.2 Å². The molecule has 29 heavy (non-hydrogen) atoms. The van der Waals surface area contributed by atoms with Crippen molar-refractivity contribution in [3.05, 3.63) is 60.2 Å². The molecule has 2 aromatic carbocycles. The number of hydrogen-bond acceptors (Lipinski definition) is 5. The predicted molar refractivity (Wildman–Crippen MR) is 114 cm³/mol. The van der Waals surface area contributed by atoms with E-state index in [0.717, 1.165) is 31.7 Å². The second-order valence-corrected chi connectivity index (χ2v) is 7.66. The lowest BCUT2D eigenvalue weighted by Gasteiger charge is -2.33. The predicted octanol–water partition coefficient (Wildman–Crippen LogP) is 3.81. The summed E-state index contributed by atoms with van der Waals surface area (Å²) >= 11 is 0. The number of nitrogens with zero attached hydrogens (tertiary/aromatic N) is 1. The summed E-state index contributed by atoms with van der Waals surface area (Å²) in [5, 5.41) is 10.4. The molecule has 2 unspecified atom stereocenters. The molecule has 0 amide bonds. The van der Waals surface area contributed by atoms with Crippen molar-refractivity contribution in [3.8, 4) is 11.5 Å². The van der Waals surface area contributed by atoms with E-state index in [1.165, 1.54) is 0 Å². The summed E-state index contributed by atoms with van der Waals surface area (Å²) in [7, 11) is 0. The van der Waals surface area contributed by atoms with Crippen molar-refractivity contribution >= 4 is 5.78 Å². The summed E-state index contributed by atoms with van der Waals surface area (Å²) in [6, 6.07) is 17.0. The fourth-order valence-electron chi connectivity index (χ4n) is 3.67. The summed E-state index contributed by atoms with van der Waals surface area (Å²) < 4.78 is 11.6. The molecule has 3 rings (SSSR count). The summed E-state index contributed by atoms with van der Waals surface area (Å²) in [5.41, 5.74) is 0.692. The van der Waals surface area contributed by atoms with Crippen LogP contribution in [0.2, 0.25) is 0 Å². The van der Waals surface area contributed by atoms with Crippen LogP contribution in [-0.4, -0.2) is 54.7 Å². The third-order valence-corrected chi connectivity index (χ3v) is 5.24. The molecule has 0 bridgehead atoms. The molecule has 0 radical (unpaired) electrons. The van der Waals surface area contributed by atoms with Gasteiger partial charge in [-0.3, -0.25) is 4.79 Å². The van der Waals surface area contributed by atoms with Crippen molar-refractivity contribution in [1.82, 2.24) is 4.90 Å². The van der Waals surface area contributed by atoms with Crippen LogP contribution in [0.4, 0.5) is 0 Å². The van der Waals surface area contributed by atoms with Crippen molar-refractivity contribution in [3.63, 3.8) is 0 Å². The first kappa shape index (κ1) is 21.3. The molecule has 1 saturated heterocycles. The molecule has 0 spiro atoms. The minimum atomic E-state index is -0.555. The maximum absolute atomic E-state index is 11.7. The van der Waals surface area contributed by atoms with E-state index < -0.39 is 6.10 Å². The zero-order chi connectivity index (χ0) is 20.5. The Bertz CT molecular complexity index is 747. The van der Waals surface area contributed by atoms with Gasteiger partial charge < -0.3 is 19.5 Å². The number of aliphatic hydroxyl groups is 1. The maximum Gasteiger partial charge on any atom is 0.162 e. The van der Waals surface area contributed by atoms with Crippen LogP contribution >= 0.6 is 0 Å². The number of β-amino-alcohol motifs (C(OH)–C–C–N with tert-alkyl or cyclic N) is 1. The van der Waals surface area contributed by atoms with E-state index in [1.807, 2.05) is 37.3 Å². The second-order valence-electron chi connectivity index (χ2n) is 7.66. The number of likely N-dealkylation sites (tertiary alicyclic amines) is 1. The molecule has 1 N–H and O–H groups in total. The SMILES string of the molecule is CCC(=O)c1ccc(OCC(O)CN2CCCC(COc3ccccc3)C2)cc1. The smallest absolute Gasteiger partial charge is 0.162 e. The first-order chi connectivity index (χ1) is 14.1. The molecular formula is C24H31NO4. The van der Waals surface area contributed by atoms with Gasteiger partial charge in [-0.05, 0) is 55.8 Å². The van der Waals surface area contributed by atoms with Gasteiger partial charge in [0.15, 0.2) is 5.78 Å². The number of piperidine rings is 1. The van der Waals surface area contributed by atoms with Crippen LogP contribution in [0.5, 0.6) is 11.5 Å².